The molecule has 0 saturated heterocycles. The normalized spacial score (nSPS) is 10.9. The van der Waals surface area contributed by atoms with Crippen molar-refractivity contribution in [3.8, 4) is 11.8 Å². The molecule has 1 aromatic carbocycles. The number of hydrogen-bond donors (Lipinski definition) is 2. The Kier molecular flexibility index (Phi) is 5.20. The van der Waals surface area contributed by atoms with Crippen LogP contribution in [-0.2, 0) is 12.8 Å². The molecule has 0 saturated carbocycles. The lowest BCUT2D eigenvalue weighted by molar-refractivity contribution is -0.137. The van der Waals surface area contributed by atoms with Crippen LogP contribution in [0.3, 0.4) is 0 Å². The van der Waals surface area contributed by atoms with E-state index in [1.165, 1.54) is 6.07 Å². The second-order valence-corrected chi connectivity index (χ2v) is 3.68. The molecule has 0 fully saturated rings. The van der Waals surface area contributed by atoms with Crippen LogP contribution in [0.25, 0.3) is 0 Å². The topological polar surface area (TPSA) is 32.3 Å². The average molecular weight is 257 g/mol. The molecule has 98 valence electrons. The summed E-state index contributed by atoms with van der Waals surface area (Å²) in [5.74, 6) is 5.59. The summed E-state index contributed by atoms with van der Waals surface area (Å²) in [6.07, 6.45) is -3.80. The van der Waals surface area contributed by atoms with Gasteiger partial charge in [-0.1, -0.05) is 11.8 Å². The Labute approximate surface area is 104 Å². The van der Waals surface area contributed by atoms with Crippen LogP contribution in [0.1, 0.15) is 23.1 Å². The maximum absolute atomic E-state index is 12.5. The zero-order valence-electron chi connectivity index (χ0n) is 9.93. The Morgan fingerprint density at radius 3 is 2.61 bits per heavy atom. The van der Waals surface area contributed by atoms with E-state index in [2.05, 4.69) is 17.2 Å². The second-order valence-electron chi connectivity index (χ2n) is 3.68. The fraction of sp³-hybridized carbons (Fsp3) is 0.385. The molecule has 0 bridgehead atoms. The van der Waals surface area contributed by atoms with E-state index >= 15 is 0 Å². The second kappa shape index (κ2) is 6.43. The van der Waals surface area contributed by atoms with Crippen molar-refractivity contribution in [3.63, 3.8) is 0 Å². The van der Waals surface area contributed by atoms with Crippen molar-refractivity contribution in [2.75, 3.05) is 13.6 Å². The van der Waals surface area contributed by atoms with Gasteiger partial charge in [0, 0.05) is 18.5 Å². The van der Waals surface area contributed by atoms with Crippen molar-refractivity contribution < 1.29 is 18.3 Å². The smallest absolute Gasteiger partial charge is 0.392 e. The van der Waals surface area contributed by atoms with Crippen molar-refractivity contribution in [3.05, 3.63) is 34.9 Å². The van der Waals surface area contributed by atoms with E-state index in [1.807, 2.05) is 0 Å². The summed E-state index contributed by atoms with van der Waals surface area (Å²) in [7, 11) is 1.79. The van der Waals surface area contributed by atoms with Gasteiger partial charge in [-0.15, -0.1) is 0 Å². The SMILES string of the molecule is CNCCC#Cc1ccc(C(F)(F)F)cc1CO. The maximum Gasteiger partial charge on any atom is 0.416 e. The van der Waals surface area contributed by atoms with Crippen LogP contribution < -0.4 is 5.32 Å². The molecule has 18 heavy (non-hydrogen) atoms. The molecule has 0 aliphatic carbocycles. The first-order valence-electron chi connectivity index (χ1n) is 5.43. The Hall–Kier alpha value is -1.51. The number of aliphatic hydroxyl groups excluding tert-OH is 1. The van der Waals surface area contributed by atoms with E-state index in [-0.39, 0.29) is 5.56 Å². The highest BCUT2D eigenvalue weighted by Crippen LogP contribution is 2.30. The lowest BCUT2D eigenvalue weighted by Gasteiger charge is -2.09. The van der Waals surface area contributed by atoms with Crippen molar-refractivity contribution >= 4 is 0 Å². The molecule has 5 heteroatoms. The molecule has 0 radical (unpaired) electrons. The number of aliphatic hydroxyl groups is 1. The number of halogens is 3. The molecule has 0 amide bonds. The van der Waals surface area contributed by atoms with E-state index in [4.69, 9.17) is 5.11 Å². The zero-order valence-corrected chi connectivity index (χ0v) is 9.93. The Bertz CT molecular complexity index is 458. The summed E-state index contributed by atoms with van der Waals surface area (Å²) >= 11 is 0. The van der Waals surface area contributed by atoms with Gasteiger partial charge >= 0.3 is 6.18 Å². The van der Waals surface area contributed by atoms with Crippen molar-refractivity contribution in [1.82, 2.24) is 5.32 Å². The van der Waals surface area contributed by atoms with Crippen LogP contribution in [0.5, 0.6) is 0 Å². The van der Waals surface area contributed by atoms with Gasteiger partial charge < -0.3 is 10.4 Å². The maximum atomic E-state index is 12.5. The van der Waals surface area contributed by atoms with Gasteiger partial charge in [0.1, 0.15) is 0 Å². The molecular weight excluding hydrogens is 243 g/mol. The minimum Gasteiger partial charge on any atom is -0.392 e. The average Bonchev–Trinajstić information content (AvgIpc) is 2.33. The molecule has 0 aromatic heterocycles. The Morgan fingerprint density at radius 2 is 2.06 bits per heavy atom. The van der Waals surface area contributed by atoms with E-state index in [0.29, 0.717) is 18.5 Å². The molecule has 1 rings (SSSR count). The number of nitrogens with one attached hydrogen (secondary N) is 1. The lowest BCUT2D eigenvalue weighted by atomic mass is 10.0. The molecule has 0 atom stereocenters. The van der Waals surface area contributed by atoms with Crippen molar-refractivity contribution in [2.24, 2.45) is 0 Å². The summed E-state index contributed by atoms with van der Waals surface area (Å²) in [5, 5.41) is 12.0. The lowest BCUT2D eigenvalue weighted by Crippen LogP contribution is -2.07. The summed E-state index contributed by atoms with van der Waals surface area (Å²) in [6.45, 7) is 0.252. The first-order valence-corrected chi connectivity index (χ1v) is 5.43. The van der Waals surface area contributed by atoms with E-state index < -0.39 is 18.3 Å². The zero-order chi connectivity index (χ0) is 13.6. The molecular formula is C13H14F3NO. The molecule has 2 nitrogen and oxygen atoms in total. The van der Waals surface area contributed by atoms with Crippen molar-refractivity contribution in [1.29, 1.82) is 0 Å². The highest BCUT2D eigenvalue weighted by atomic mass is 19.4. The van der Waals surface area contributed by atoms with Gasteiger partial charge in [0.15, 0.2) is 0 Å². The molecule has 0 aliphatic heterocycles. The summed E-state index contributed by atoms with van der Waals surface area (Å²) in [6, 6.07) is 3.20. The van der Waals surface area contributed by atoms with E-state index in [1.54, 1.807) is 7.05 Å². The monoisotopic (exact) mass is 257 g/mol. The van der Waals surface area contributed by atoms with Gasteiger partial charge in [-0.3, -0.25) is 0 Å². The van der Waals surface area contributed by atoms with Crippen LogP contribution in [-0.4, -0.2) is 18.7 Å². The summed E-state index contributed by atoms with van der Waals surface area (Å²) in [4.78, 5) is 0. The van der Waals surface area contributed by atoms with Gasteiger partial charge in [0.2, 0.25) is 0 Å². The minimum atomic E-state index is -4.40. The summed E-state index contributed by atoms with van der Waals surface area (Å²) in [5.41, 5.74) is -0.143. The van der Waals surface area contributed by atoms with Crippen LogP contribution in [0, 0.1) is 11.8 Å². The molecule has 1 aromatic rings. The quantitative estimate of drug-likeness (QED) is 0.642. The minimum absolute atomic E-state index is 0.196. The number of hydrogen-bond acceptors (Lipinski definition) is 2. The Morgan fingerprint density at radius 1 is 1.33 bits per heavy atom. The fourth-order valence-corrected chi connectivity index (χ4v) is 1.37. The van der Waals surface area contributed by atoms with Gasteiger partial charge in [0.05, 0.1) is 12.2 Å². The molecule has 0 unspecified atom stereocenters. The number of alkyl halides is 3. The largest absolute Gasteiger partial charge is 0.416 e. The van der Waals surface area contributed by atoms with Crippen LogP contribution in [0.2, 0.25) is 0 Å². The molecule has 2 N–H and O–H groups in total. The number of rotatable bonds is 3. The third-order valence-electron chi connectivity index (χ3n) is 2.33. The van der Waals surface area contributed by atoms with Gasteiger partial charge in [-0.05, 0) is 30.8 Å². The predicted octanol–water partition coefficient (Wildman–Crippen LogP) is 2.16. The van der Waals surface area contributed by atoms with Gasteiger partial charge in [0.25, 0.3) is 0 Å². The molecule has 0 heterocycles. The van der Waals surface area contributed by atoms with Crippen LogP contribution in [0.15, 0.2) is 18.2 Å². The standard InChI is InChI=1S/C13H14F3NO/c1-17-7-3-2-4-10-5-6-12(13(14,15)16)8-11(10)9-18/h5-6,8,17-18H,3,7,9H2,1H3. The Balaban J connectivity index is 2.96. The molecule has 0 spiro atoms. The van der Waals surface area contributed by atoms with Crippen LogP contribution in [0.4, 0.5) is 13.2 Å². The number of benzene rings is 1. The third-order valence-corrected chi connectivity index (χ3v) is 2.33. The highest BCUT2D eigenvalue weighted by Gasteiger charge is 2.30. The van der Waals surface area contributed by atoms with E-state index in [0.717, 1.165) is 12.1 Å². The first kappa shape index (κ1) is 14.6. The predicted molar refractivity (Wildman–Crippen MR) is 62.8 cm³/mol. The highest BCUT2D eigenvalue weighted by molar-refractivity contribution is 5.43. The fourth-order valence-electron chi connectivity index (χ4n) is 1.37. The first-order chi connectivity index (χ1) is 8.49. The van der Waals surface area contributed by atoms with Crippen molar-refractivity contribution in [2.45, 2.75) is 19.2 Å². The van der Waals surface area contributed by atoms with Gasteiger partial charge in [-0.25, -0.2) is 0 Å². The molecule has 0 aliphatic rings. The third kappa shape index (κ3) is 4.06. The van der Waals surface area contributed by atoms with E-state index in [9.17, 15) is 13.2 Å². The van der Waals surface area contributed by atoms with Crippen LogP contribution >= 0.6 is 0 Å². The van der Waals surface area contributed by atoms with Gasteiger partial charge in [-0.2, -0.15) is 13.2 Å². The summed E-state index contributed by atoms with van der Waals surface area (Å²) < 4.78 is 37.4.